The zero-order valence-corrected chi connectivity index (χ0v) is 13.3. The second-order valence-corrected chi connectivity index (χ2v) is 5.45. The average molecular weight is 319 g/mol. The number of ketones is 1. The van der Waals surface area contributed by atoms with Crippen LogP contribution in [0.5, 0.6) is 0 Å². The zero-order chi connectivity index (χ0) is 17.2. The van der Waals surface area contributed by atoms with Crippen LogP contribution in [0.1, 0.15) is 25.3 Å². The van der Waals surface area contributed by atoms with E-state index in [0.29, 0.717) is 25.8 Å². The lowest BCUT2D eigenvalue weighted by atomic mass is 10.0. The third-order valence-corrected chi connectivity index (χ3v) is 3.43. The molecule has 0 aromatic heterocycles. The summed E-state index contributed by atoms with van der Waals surface area (Å²) in [5.74, 6) is -0.569. The lowest BCUT2D eigenvalue weighted by molar-refractivity contribution is -0.127. The molecule has 0 aliphatic carbocycles. The second kappa shape index (κ2) is 9.58. The number of benzene rings is 1. The van der Waals surface area contributed by atoms with Crippen molar-refractivity contribution in [1.82, 2.24) is 10.6 Å². The molecule has 7 nitrogen and oxygen atoms in total. The lowest BCUT2D eigenvalue weighted by Crippen LogP contribution is -2.49. The third kappa shape index (κ3) is 7.42. The molecule has 0 saturated heterocycles. The molecule has 126 valence electrons. The van der Waals surface area contributed by atoms with Crippen LogP contribution in [0.3, 0.4) is 0 Å². The van der Waals surface area contributed by atoms with Crippen LogP contribution in [0.4, 0.5) is 0 Å². The topological polar surface area (TPSA) is 134 Å². The molecule has 1 rings (SSSR count). The number of hydrogen-bond donors (Lipinski definition) is 5. The van der Waals surface area contributed by atoms with Crippen molar-refractivity contribution in [3.8, 4) is 0 Å². The average Bonchev–Trinajstić information content (AvgIpc) is 2.50. The van der Waals surface area contributed by atoms with Crippen molar-refractivity contribution in [3.05, 3.63) is 35.9 Å². The Kier molecular flexibility index (Phi) is 7.76. The quantitative estimate of drug-likeness (QED) is 0.246. The molecule has 1 aromatic rings. The smallest absolute Gasteiger partial charge is 0.237 e. The van der Waals surface area contributed by atoms with E-state index < -0.39 is 12.1 Å². The summed E-state index contributed by atoms with van der Waals surface area (Å²) in [6.07, 6.45) is 1.50. The van der Waals surface area contributed by atoms with Gasteiger partial charge in [0.05, 0.1) is 12.1 Å². The van der Waals surface area contributed by atoms with Crippen LogP contribution in [0, 0.1) is 5.41 Å². The van der Waals surface area contributed by atoms with Crippen molar-refractivity contribution in [2.75, 3.05) is 6.54 Å². The highest BCUT2D eigenvalue weighted by molar-refractivity contribution is 5.89. The van der Waals surface area contributed by atoms with E-state index in [4.69, 9.17) is 16.9 Å². The summed E-state index contributed by atoms with van der Waals surface area (Å²) in [4.78, 5) is 23.8. The highest BCUT2D eigenvalue weighted by Gasteiger charge is 2.21. The minimum atomic E-state index is -0.699. The van der Waals surface area contributed by atoms with Gasteiger partial charge in [0, 0.05) is 6.54 Å². The second-order valence-electron chi connectivity index (χ2n) is 5.45. The van der Waals surface area contributed by atoms with Gasteiger partial charge in [0.2, 0.25) is 5.91 Å². The van der Waals surface area contributed by atoms with Crippen LogP contribution < -0.4 is 22.1 Å². The molecule has 0 bridgehead atoms. The molecule has 0 saturated carbocycles. The maximum Gasteiger partial charge on any atom is 0.237 e. The molecule has 0 spiro atoms. The fraction of sp³-hybridized carbons (Fsp3) is 0.438. The van der Waals surface area contributed by atoms with Crippen molar-refractivity contribution in [3.63, 3.8) is 0 Å². The Bertz CT molecular complexity index is 533. The van der Waals surface area contributed by atoms with Gasteiger partial charge in [0.15, 0.2) is 11.7 Å². The first-order valence-electron chi connectivity index (χ1n) is 7.58. The summed E-state index contributed by atoms with van der Waals surface area (Å²) in [6, 6.07) is 8.22. The predicted octanol–water partition coefficient (Wildman–Crippen LogP) is -0.107. The molecule has 2 unspecified atom stereocenters. The van der Waals surface area contributed by atoms with E-state index in [9.17, 15) is 9.59 Å². The van der Waals surface area contributed by atoms with Gasteiger partial charge >= 0.3 is 0 Å². The number of rotatable bonds is 9. The monoisotopic (exact) mass is 319 g/mol. The number of carbonyl (C=O) groups is 2. The molecule has 23 heavy (non-hydrogen) atoms. The standard InChI is InChI=1S/C16H25N5O2/c1-11(22)14(8-5-9-20-16(18)19)21-15(23)13(17)10-12-6-3-2-4-7-12/h2-4,6-7,13-14H,5,8-10,17H2,1H3,(H,21,23)(H4,18,19,20). The minimum absolute atomic E-state index is 0.113. The Morgan fingerprint density at radius 2 is 1.91 bits per heavy atom. The fourth-order valence-electron chi connectivity index (χ4n) is 2.15. The maximum absolute atomic E-state index is 12.1. The van der Waals surface area contributed by atoms with Crippen LogP contribution in [0.25, 0.3) is 0 Å². The number of carbonyl (C=O) groups excluding carboxylic acids is 2. The Labute approximate surface area is 136 Å². The van der Waals surface area contributed by atoms with Crippen molar-refractivity contribution < 1.29 is 9.59 Å². The molecule has 0 heterocycles. The van der Waals surface area contributed by atoms with Gasteiger partial charge in [0.1, 0.15) is 0 Å². The number of amides is 1. The van der Waals surface area contributed by atoms with Gasteiger partial charge in [-0.25, -0.2) is 0 Å². The van der Waals surface area contributed by atoms with Gasteiger partial charge in [-0.15, -0.1) is 0 Å². The molecule has 1 amide bonds. The van der Waals surface area contributed by atoms with E-state index in [1.54, 1.807) is 0 Å². The van der Waals surface area contributed by atoms with Crippen molar-refractivity contribution >= 4 is 17.6 Å². The number of nitrogens with two attached hydrogens (primary N) is 2. The van der Waals surface area contributed by atoms with Crippen LogP contribution in [0.15, 0.2) is 30.3 Å². The van der Waals surface area contributed by atoms with Crippen molar-refractivity contribution in [2.45, 2.75) is 38.3 Å². The maximum atomic E-state index is 12.1. The van der Waals surface area contributed by atoms with Crippen molar-refractivity contribution in [1.29, 1.82) is 5.41 Å². The van der Waals surface area contributed by atoms with Gasteiger partial charge in [-0.1, -0.05) is 30.3 Å². The molecule has 1 aromatic carbocycles. The molecular weight excluding hydrogens is 294 g/mol. The van der Waals surface area contributed by atoms with Gasteiger partial charge in [0.25, 0.3) is 0 Å². The van der Waals surface area contributed by atoms with E-state index >= 15 is 0 Å². The van der Waals surface area contributed by atoms with E-state index in [-0.39, 0.29) is 17.6 Å². The predicted molar refractivity (Wildman–Crippen MR) is 89.9 cm³/mol. The molecule has 7 N–H and O–H groups in total. The van der Waals surface area contributed by atoms with Gasteiger partial charge in [-0.2, -0.15) is 0 Å². The molecule has 7 heteroatoms. The van der Waals surface area contributed by atoms with E-state index in [1.165, 1.54) is 6.92 Å². The van der Waals surface area contributed by atoms with Gasteiger partial charge < -0.3 is 22.1 Å². The minimum Gasteiger partial charge on any atom is -0.370 e. The summed E-state index contributed by atoms with van der Waals surface area (Å²) in [5.41, 5.74) is 12.1. The molecular formula is C16H25N5O2. The number of nitrogens with one attached hydrogen (secondary N) is 3. The van der Waals surface area contributed by atoms with Crippen molar-refractivity contribution in [2.24, 2.45) is 11.5 Å². The number of hydrogen-bond acceptors (Lipinski definition) is 4. The Hall–Kier alpha value is -2.41. The normalized spacial score (nSPS) is 13.0. The highest BCUT2D eigenvalue weighted by Crippen LogP contribution is 2.04. The SMILES string of the molecule is CC(=O)C(CCCNC(=N)N)NC(=O)C(N)Cc1ccccc1. The fourth-order valence-corrected chi connectivity index (χ4v) is 2.15. The molecule has 2 atom stereocenters. The van der Waals surface area contributed by atoms with E-state index in [1.807, 2.05) is 30.3 Å². The van der Waals surface area contributed by atoms with Crippen LogP contribution in [-0.4, -0.2) is 36.3 Å². The molecule has 0 aliphatic heterocycles. The summed E-state index contributed by atoms with van der Waals surface area (Å²) in [7, 11) is 0. The number of guanidine groups is 1. The molecule has 0 aliphatic rings. The first-order valence-corrected chi connectivity index (χ1v) is 7.58. The van der Waals surface area contributed by atoms with E-state index in [0.717, 1.165) is 5.56 Å². The van der Waals surface area contributed by atoms with E-state index in [2.05, 4.69) is 10.6 Å². The van der Waals surface area contributed by atoms with Gasteiger partial charge in [-0.05, 0) is 31.7 Å². The summed E-state index contributed by atoms with van der Waals surface area (Å²) >= 11 is 0. The first-order chi connectivity index (χ1) is 10.9. The van der Waals surface area contributed by atoms with Crippen LogP contribution in [0.2, 0.25) is 0 Å². The lowest BCUT2D eigenvalue weighted by Gasteiger charge is -2.19. The third-order valence-electron chi connectivity index (χ3n) is 3.43. The first kappa shape index (κ1) is 18.6. The van der Waals surface area contributed by atoms with Gasteiger partial charge in [-0.3, -0.25) is 15.0 Å². The summed E-state index contributed by atoms with van der Waals surface area (Å²) in [5, 5.41) is 12.4. The van der Waals surface area contributed by atoms with Crippen LogP contribution >= 0.6 is 0 Å². The Morgan fingerprint density at radius 3 is 2.48 bits per heavy atom. The molecule has 0 radical (unpaired) electrons. The summed E-state index contributed by atoms with van der Waals surface area (Å²) in [6.45, 7) is 1.91. The number of Topliss-reactive ketones (excluding diaryl/α,β-unsaturated/α-hetero) is 1. The Balaban J connectivity index is 2.46. The Morgan fingerprint density at radius 1 is 1.26 bits per heavy atom. The summed E-state index contributed by atoms with van der Waals surface area (Å²) < 4.78 is 0. The highest BCUT2D eigenvalue weighted by atomic mass is 16.2. The van der Waals surface area contributed by atoms with Crippen LogP contribution in [-0.2, 0) is 16.0 Å². The molecule has 0 fully saturated rings. The largest absolute Gasteiger partial charge is 0.370 e. The zero-order valence-electron chi connectivity index (χ0n) is 13.3.